The van der Waals surface area contributed by atoms with Crippen LogP contribution in [0.4, 0.5) is 0 Å². The third-order valence-electron chi connectivity index (χ3n) is 1.80. The number of aliphatic hydroxyl groups is 1. The van der Waals surface area contributed by atoms with E-state index in [2.05, 4.69) is 15.0 Å². The van der Waals surface area contributed by atoms with E-state index in [-0.39, 0.29) is 5.69 Å². The molecule has 1 atom stereocenters. The lowest BCUT2D eigenvalue weighted by Crippen LogP contribution is -2.15. The van der Waals surface area contributed by atoms with Gasteiger partial charge in [0.1, 0.15) is 0 Å². The second kappa shape index (κ2) is 4.71. The third kappa shape index (κ3) is 2.53. The highest BCUT2D eigenvalue weighted by molar-refractivity contribution is 5.86. The fourth-order valence-electron chi connectivity index (χ4n) is 0.931. The molecule has 0 radical (unpaired) electrons. The summed E-state index contributed by atoms with van der Waals surface area (Å²) in [7, 11) is 1.28. The Hall–Kier alpha value is -1.43. The van der Waals surface area contributed by atoms with E-state index in [1.807, 2.05) is 6.92 Å². The third-order valence-corrected chi connectivity index (χ3v) is 1.80. The largest absolute Gasteiger partial charge is 0.464 e. The van der Waals surface area contributed by atoms with Crippen LogP contribution in [0.15, 0.2) is 6.20 Å². The molecule has 6 nitrogen and oxygen atoms in total. The van der Waals surface area contributed by atoms with Gasteiger partial charge in [-0.3, -0.25) is 0 Å². The van der Waals surface area contributed by atoms with Gasteiger partial charge in [0.15, 0.2) is 5.69 Å². The van der Waals surface area contributed by atoms with Gasteiger partial charge in [0.25, 0.3) is 0 Å². The van der Waals surface area contributed by atoms with Gasteiger partial charge in [-0.05, 0) is 6.42 Å². The van der Waals surface area contributed by atoms with Crippen molar-refractivity contribution in [3.8, 4) is 0 Å². The first-order chi connectivity index (χ1) is 6.67. The standard InChI is InChI=1S/C8H13N3O3/c1-3-6(12)4-11-5-7(9-10-11)8(13)14-2/h5-6,12H,3-4H2,1-2H3. The van der Waals surface area contributed by atoms with Crippen LogP contribution < -0.4 is 0 Å². The van der Waals surface area contributed by atoms with Gasteiger partial charge in [-0.2, -0.15) is 0 Å². The maximum Gasteiger partial charge on any atom is 0.360 e. The zero-order valence-corrected chi connectivity index (χ0v) is 8.17. The van der Waals surface area contributed by atoms with E-state index in [1.165, 1.54) is 18.0 Å². The van der Waals surface area contributed by atoms with Crippen molar-refractivity contribution in [2.24, 2.45) is 0 Å². The molecule has 1 aromatic heterocycles. The number of aliphatic hydroxyl groups excluding tert-OH is 1. The minimum Gasteiger partial charge on any atom is -0.464 e. The molecule has 1 heterocycles. The van der Waals surface area contributed by atoms with Crippen molar-refractivity contribution in [3.05, 3.63) is 11.9 Å². The number of carbonyl (C=O) groups is 1. The summed E-state index contributed by atoms with van der Waals surface area (Å²) in [5.74, 6) is -0.526. The Morgan fingerprint density at radius 3 is 3.07 bits per heavy atom. The molecule has 0 aliphatic rings. The van der Waals surface area contributed by atoms with Gasteiger partial charge in [0.05, 0.1) is 26.0 Å². The quantitative estimate of drug-likeness (QED) is 0.681. The minimum absolute atomic E-state index is 0.149. The fourth-order valence-corrected chi connectivity index (χ4v) is 0.931. The van der Waals surface area contributed by atoms with Gasteiger partial charge in [-0.15, -0.1) is 5.10 Å². The summed E-state index contributed by atoms with van der Waals surface area (Å²) in [6.07, 6.45) is 1.61. The lowest BCUT2D eigenvalue weighted by molar-refractivity contribution is 0.0593. The van der Waals surface area contributed by atoms with Crippen LogP contribution in [0.2, 0.25) is 0 Å². The van der Waals surface area contributed by atoms with Crippen LogP contribution in [0.1, 0.15) is 23.8 Å². The Morgan fingerprint density at radius 2 is 2.50 bits per heavy atom. The molecule has 0 saturated heterocycles. The Kier molecular flexibility index (Phi) is 3.58. The summed E-state index contributed by atoms with van der Waals surface area (Å²) in [4.78, 5) is 11.0. The maximum absolute atomic E-state index is 11.0. The fraction of sp³-hybridized carbons (Fsp3) is 0.625. The second-order valence-corrected chi connectivity index (χ2v) is 2.88. The molecule has 0 fully saturated rings. The summed E-state index contributed by atoms with van der Waals surface area (Å²) >= 11 is 0. The van der Waals surface area contributed by atoms with Crippen molar-refractivity contribution in [2.75, 3.05) is 7.11 Å². The summed E-state index contributed by atoms with van der Waals surface area (Å²) in [6, 6.07) is 0. The Labute approximate surface area is 81.5 Å². The Morgan fingerprint density at radius 1 is 1.79 bits per heavy atom. The smallest absolute Gasteiger partial charge is 0.360 e. The van der Waals surface area contributed by atoms with Crippen molar-refractivity contribution < 1.29 is 14.6 Å². The van der Waals surface area contributed by atoms with Crippen LogP contribution in [0.5, 0.6) is 0 Å². The van der Waals surface area contributed by atoms with Crippen molar-refractivity contribution >= 4 is 5.97 Å². The SMILES string of the molecule is CCC(O)Cn1cc(C(=O)OC)nn1. The van der Waals surface area contributed by atoms with Crippen LogP contribution in [0.3, 0.4) is 0 Å². The minimum atomic E-state index is -0.526. The van der Waals surface area contributed by atoms with Crippen LogP contribution in [-0.4, -0.2) is 39.3 Å². The van der Waals surface area contributed by atoms with E-state index >= 15 is 0 Å². The summed E-state index contributed by atoms with van der Waals surface area (Å²) in [5, 5.41) is 16.6. The summed E-state index contributed by atoms with van der Waals surface area (Å²) in [5.41, 5.74) is 0.149. The second-order valence-electron chi connectivity index (χ2n) is 2.88. The van der Waals surface area contributed by atoms with Gasteiger partial charge in [0, 0.05) is 0 Å². The molecule has 1 N–H and O–H groups in total. The van der Waals surface area contributed by atoms with Crippen LogP contribution in [0, 0.1) is 0 Å². The zero-order valence-electron chi connectivity index (χ0n) is 8.17. The Bertz CT molecular complexity index is 311. The lowest BCUT2D eigenvalue weighted by Gasteiger charge is -2.05. The number of aromatic nitrogens is 3. The van der Waals surface area contributed by atoms with Crippen molar-refractivity contribution in [1.82, 2.24) is 15.0 Å². The van der Waals surface area contributed by atoms with Gasteiger partial charge < -0.3 is 9.84 Å². The predicted octanol–water partition coefficient (Wildman–Crippen LogP) is -0.164. The summed E-state index contributed by atoms with van der Waals surface area (Å²) < 4.78 is 5.88. The van der Waals surface area contributed by atoms with Gasteiger partial charge in [-0.1, -0.05) is 12.1 Å². The first kappa shape index (κ1) is 10.6. The average molecular weight is 199 g/mol. The van der Waals surface area contributed by atoms with Crippen molar-refractivity contribution in [1.29, 1.82) is 0 Å². The highest BCUT2D eigenvalue weighted by Gasteiger charge is 2.11. The molecule has 0 saturated carbocycles. The topological polar surface area (TPSA) is 77.2 Å². The van der Waals surface area contributed by atoms with Gasteiger partial charge >= 0.3 is 5.97 Å². The average Bonchev–Trinajstić information content (AvgIpc) is 2.65. The lowest BCUT2D eigenvalue weighted by atomic mass is 10.3. The number of nitrogens with zero attached hydrogens (tertiary/aromatic N) is 3. The number of ether oxygens (including phenoxy) is 1. The molecule has 0 aromatic carbocycles. The molecule has 78 valence electrons. The van der Waals surface area contributed by atoms with Crippen LogP contribution >= 0.6 is 0 Å². The normalized spacial score (nSPS) is 12.5. The maximum atomic E-state index is 11.0. The number of methoxy groups -OCH3 is 1. The summed E-state index contributed by atoms with van der Waals surface area (Å²) in [6.45, 7) is 2.20. The predicted molar refractivity (Wildman–Crippen MR) is 47.7 cm³/mol. The number of hydrogen-bond acceptors (Lipinski definition) is 5. The van der Waals surface area contributed by atoms with E-state index in [0.717, 1.165) is 0 Å². The molecule has 6 heteroatoms. The molecule has 1 rings (SSSR count). The molecule has 1 unspecified atom stereocenters. The molecule has 0 amide bonds. The molecule has 0 spiro atoms. The van der Waals surface area contributed by atoms with E-state index in [0.29, 0.717) is 13.0 Å². The number of rotatable bonds is 4. The van der Waals surface area contributed by atoms with Crippen molar-refractivity contribution in [2.45, 2.75) is 26.0 Å². The highest BCUT2D eigenvalue weighted by atomic mass is 16.5. The van der Waals surface area contributed by atoms with Crippen LogP contribution in [-0.2, 0) is 11.3 Å². The molecule has 0 aliphatic carbocycles. The van der Waals surface area contributed by atoms with E-state index in [9.17, 15) is 9.90 Å². The number of hydrogen-bond donors (Lipinski definition) is 1. The molecular weight excluding hydrogens is 186 g/mol. The molecule has 14 heavy (non-hydrogen) atoms. The highest BCUT2D eigenvalue weighted by Crippen LogP contribution is 1.98. The van der Waals surface area contributed by atoms with Crippen molar-refractivity contribution in [3.63, 3.8) is 0 Å². The first-order valence-corrected chi connectivity index (χ1v) is 4.34. The van der Waals surface area contributed by atoms with Gasteiger partial charge in [0.2, 0.25) is 0 Å². The van der Waals surface area contributed by atoms with E-state index in [4.69, 9.17) is 0 Å². The molecule has 0 bridgehead atoms. The molecule has 1 aromatic rings. The Balaban J connectivity index is 2.63. The van der Waals surface area contributed by atoms with E-state index < -0.39 is 12.1 Å². The monoisotopic (exact) mass is 199 g/mol. The first-order valence-electron chi connectivity index (χ1n) is 4.34. The zero-order chi connectivity index (χ0) is 10.6. The number of carbonyl (C=O) groups excluding carboxylic acids is 1. The molecular formula is C8H13N3O3. The van der Waals surface area contributed by atoms with Gasteiger partial charge in [-0.25, -0.2) is 9.48 Å². The molecule has 0 aliphatic heterocycles. The van der Waals surface area contributed by atoms with E-state index in [1.54, 1.807) is 0 Å². The number of esters is 1. The van der Waals surface area contributed by atoms with Crippen LogP contribution in [0.25, 0.3) is 0 Å².